The number of aromatic nitrogens is 2. The van der Waals surface area contributed by atoms with Gasteiger partial charge < -0.3 is 29.9 Å². The number of fused-ring (bicyclic) bond motifs is 10. The molecule has 2 aromatic rings. The van der Waals surface area contributed by atoms with Crippen molar-refractivity contribution in [2.45, 2.75) is 205 Å². The first-order valence-corrected chi connectivity index (χ1v) is 21.6. The molecular weight excluding hydrogens is 665 g/mol. The molecule has 0 spiro atoms. The number of hydrogen-bond donors (Lipinski definition) is 4. The highest BCUT2D eigenvalue weighted by molar-refractivity contribution is 5.59. The molecule has 4 bridgehead atoms. The van der Waals surface area contributed by atoms with Gasteiger partial charge in [-0.15, -0.1) is 0 Å². The summed E-state index contributed by atoms with van der Waals surface area (Å²) in [6, 6.07) is 0. The third-order valence-electron chi connectivity index (χ3n) is 13.3. The molecular formula is C45H70N2O6. The van der Waals surface area contributed by atoms with Gasteiger partial charge in [0.15, 0.2) is 0 Å². The van der Waals surface area contributed by atoms with Gasteiger partial charge in [-0.25, -0.2) is 0 Å². The van der Waals surface area contributed by atoms with Crippen molar-refractivity contribution in [1.82, 2.24) is 9.13 Å². The van der Waals surface area contributed by atoms with Gasteiger partial charge in [0.25, 0.3) is 0 Å². The maximum absolute atomic E-state index is 11.0. The zero-order valence-corrected chi connectivity index (χ0v) is 33.4. The normalized spacial score (nSPS) is 23.5. The number of rotatable bonds is 26. The SMILES string of the molecule is CCCCCCC(CCCCCC)(CCCCCCCn1c(O)c2c(c1O)C1(C)C=CC2O1)CCCCCCCn1c(O)c2c(c1O)C1(C)C=CC2O1. The second kappa shape index (κ2) is 17.3. The summed E-state index contributed by atoms with van der Waals surface area (Å²) in [5, 5.41) is 43.8. The number of unbranched alkanes of at least 4 members (excludes halogenated alkanes) is 14. The summed E-state index contributed by atoms with van der Waals surface area (Å²) in [6.45, 7) is 9.80. The first-order chi connectivity index (χ1) is 25.6. The van der Waals surface area contributed by atoms with Crippen molar-refractivity contribution in [2.75, 3.05) is 0 Å². The molecule has 0 aliphatic carbocycles. The van der Waals surface area contributed by atoms with Crippen LogP contribution < -0.4 is 0 Å². The van der Waals surface area contributed by atoms with Crippen molar-refractivity contribution in [1.29, 1.82) is 0 Å². The van der Waals surface area contributed by atoms with E-state index in [1.165, 1.54) is 116 Å². The predicted octanol–water partition coefficient (Wildman–Crippen LogP) is 12.1. The van der Waals surface area contributed by atoms with Gasteiger partial charge in [0.2, 0.25) is 23.5 Å². The quantitative estimate of drug-likeness (QED) is 0.0566. The van der Waals surface area contributed by atoms with Gasteiger partial charge in [0.1, 0.15) is 23.4 Å². The Bertz CT molecular complexity index is 1470. The molecule has 0 fully saturated rings. The molecule has 4 aliphatic heterocycles. The van der Waals surface area contributed by atoms with Gasteiger partial charge in [0, 0.05) is 13.1 Å². The Morgan fingerprint density at radius 1 is 0.509 bits per heavy atom. The molecule has 296 valence electrons. The third kappa shape index (κ3) is 8.24. The molecule has 4 aliphatic rings. The van der Waals surface area contributed by atoms with Gasteiger partial charge in [-0.1, -0.05) is 129 Å². The van der Waals surface area contributed by atoms with Gasteiger partial charge in [-0.2, -0.15) is 0 Å². The standard InChI is InChI=1S/C45H70N2O6/c1-5-7-9-17-25-45(26-18-10-8-6-2,27-19-13-11-15-21-31-46-39(48)35-33-23-29-43(3,52-33)37(35)41(46)50)28-20-14-12-16-22-32-47-40(49)36-34-24-30-44(4,53-34)38(36)42(47)51/h23-24,29-30,33-34,48-51H,5-22,25-28,31-32H2,1-4H3. The summed E-state index contributed by atoms with van der Waals surface area (Å²) in [5.74, 6) is 0.672. The van der Waals surface area contributed by atoms with Crippen LogP contribution in [0, 0.1) is 5.41 Å². The van der Waals surface area contributed by atoms with Crippen molar-refractivity contribution in [3.05, 3.63) is 46.6 Å². The maximum Gasteiger partial charge on any atom is 0.200 e. The average Bonchev–Trinajstić information content (AvgIpc) is 3.96. The van der Waals surface area contributed by atoms with Crippen molar-refractivity contribution < 1.29 is 29.9 Å². The molecule has 4 N–H and O–H groups in total. The molecule has 4 atom stereocenters. The molecule has 2 aromatic heterocycles. The van der Waals surface area contributed by atoms with Crippen molar-refractivity contribution in [2.24, 2.45) is 5.41 Å². The van der Waals surface area contributed by atoms with Crippen LogP contribution in [0.5, 0.6) is 23.5 Å². The van der Waals surface area contributed by atoms with E-state index in [2.05, 4.69) is 13.8 Å². The molecule has 53 heavy (non-hydrogen) atoms. The van der Waals surface area contributed by atoms with Crippen LogP contribution in [0.2, 0.25) is 0 Å². The molecule has 0 radical (unpaired) electrons. The largest absolute Gasteiger partial charge is 0.494 e. The van der Waals surface area contributed by atoms with E-state index in [0.29, 0.717) is 18.5 Å². The number of ether oxygens (including phenoxy) is 2. The van der Waals surface area contributed by atoms with Crippen LogP contribution in [0.15, 0.2) is 24.3 Å². The summed E-state index contributed by atoms with van der Waals surface area (Å²) in [6.07, 6.45) is 35.0. The fraction of sp³-hybridized carbons (Fsp3) is 0.733. The predicted molar refractivity (Wildman–Crippen MR) is 212 cm³/mol. The lowest BCUT2D eigenvalue weighted by atomic mass is 9.70. The molecule has 0 amide bonds. The minimum absolute atomic E-state index is 0.166. The second-order valence-corrected chi connectivity index (χ2v) is 17.3. The molecule has 8 heteroatoms. The summed E-state index contributed by atoms with van der Waals surface area (Å²) in [5.41, 5.74) is 2.18. The first kappa shape index (κ1) is 39.8. The zero-order valence-electron chi connectivity index (χ0n) is 33.4. The van der Waals surface area contributed by atoms with Crippen molar-refractivity contribution in [3.63, 3.8) is 0 Å². The molecule has 0 aromatic carbocycles. The summed E-state index contributed by atoms with van der Waals surface area (Å²) < 4.78 is 15.3. The lowest BCUT2D eigenvalue weighted by Crippen LogP contribution is -2.21. The Kier molecular flexibility index (Phi) is 13.0. The molecule has 6 heterocycles. The number of nitrogens with zero attached hydrogens (tertiary/aromatic N) is 2. The van der Waals surface area contributed by atoms with E-state index in [1.54, 1.807) is 9.13 Å². The maximum atomic E-state index is 11.0. The van der Waals surface area contributed by atoms with Crippen LogP contribution in [0.1, 0.15) is 203 Å². The Morgan fingerprint density at radius 2 is 0.849 bits per heavy atom. The number of hydrogen-bond acceptors (Lipinski definition) is 6. The lowest BCUT2D eigenvalue weighted by molar-refractivity contribution is 0.00787. The summed E-state index contributed by atoms with van der Waals surface area (Å²) in [4.78, 5) is 0. The minimum Gasteiger partial charge on any atom is -0.494 e. The third-order valence-corrected chi connectivity index (χ3v) is 13.3. The van der Waals surface area contributed by atoms with Crippen molar-refractivity contribution in [3.8, 4) is 23.5 Å². The topological polar surface area (TPSA) is 109 Å². The monoisotopic (exact) mass is 735 g/mol. The Hall–Kier alpha value is -2.84. The van der Waals surface area contributed by atoms with E-state index >= 15 is 0 Å². The molecule has 0 saturated carbocycles. The Labute approximate surface area is 319 Å². The second-order valence-electron chi connectivity index (χ2n) is 17.3. The first-order valence-electron chi connectivity index (χ1n) is 21.6. The summed E-state index contributed by atoms with van der Waals surface area (Å²) >= 11 is 0. The van der Waals surface area contributed by atoms with E-state index in [0.717, 1.165) is 47.9 Å². The van der Waals surface area contributed by atoms with Crippen LogP contribution in [-0.2, 0) is 33.8 Å². The summed E-state index contributed by atoms with van der Waals surface area (Å²) in [7, 11) is 0. The highest BCUT2D eigenvalue weighted by Gasteiger charge is 2.51. The average molecular weight is 735 g/mol. The van der Waals surface area contributed by atoms with E-state index in [9.17, 15) is 20.4 Å². The fourth-order valence-electron chi connectivity index (χ4n) is 10.2. The van der Waals surface area contributed by atoms with Crippen molar-refractivity contribution >= 4 is 0 Å². The van der Waals surface area contributed by atoms with Crippen LogP contribution in [0.4, 0.5) is 0 Å². The van der Waals surface area contributed by atoms with Gasteiger partial charge in [-0.05, 0) is 69.9 Å². The molecule has 6 rings (SSSR count). The van der Waals surface area contributed by atoms with E-state index in [1.807, 2.05) is 38.2 Å². The van der Waals surface area contributed by atoms with Crippen LogP contribution in [0.25, 0.3) is 0 Å². The fourth-order valence-corrected chi connectivity index (χ4v) is 10.2. The molecule has 4 unspecified atom stereocenters. The zero-order chi connectivity index (χ0) is 37.6. The molecule has 0 saturated heterocycles. The molecule has 8 nitrogen and oxygen atoms in total. The van der Waals surface area contributed by atoms with Crippen LogP contribution in [-0.4, -0.2) is 29.6 Å². The van der Waals surface area contributed by atoms with Gasteiger partial charge >= 0.3 is 0 Å². The van der Waals surface area contributed by atoms with E-state index in [4.69, 9.17) is 9.47 Å². The number of aromatic hydroxyl groups is 4. The Morgan fingerprint density at radius 3 is 1.21 bits per heavy atom. The van der Waals surface area contributed by atoms with Crippen LogP contribution >= 0.6 is 0 Å². The van der Waals surface area contributed by atoms with Gasteiger partial charge in [0.05, 0.1) is 22.3 Å². The highest BCUT2D eigenvalue weighted by Crippen LogP contribution is 2.59. The Balaban J connectivity index is 0.948. The van der Waals surface area contributed by atoms with Gasteiger partial charge in [-0.3, -0.25) is 9.13 Å². The smallest absolute Gasteiger partial charge is 0.200 e. The van der Waals surface area contributed by atoms with E-state index in [-0.39, 0.29) is 35.7 Å². The van der Waals surface area contributed by atoms with E-state index < -0.39 is 11.2 Å². The highest BCUT2D eigenvalue weighted by atomic mass is 16.5. The minimum atomic E-state index is -0.627. The van der Waals surface area contributed by atoms with Crippen LogP contribution in [0.3, 0.4) is 0 Å². The lowest BCUT2D eigenvalue weighted by Gasteiger charge is -2.35.